The second-order valence-electron chi connectivity index (χ2n) is 1.93. The Kier molecular flexibility index (Phi) is 5.67. The van der Waals surface area contributed by atoms with Gasteiger partial charge < -0.3 is 4.74 Å². The van der Waals surface area contributed by atoms with Gasteiger partial charge in [0.1, 0.15) is 0 Å². The number of rotatable bonds is 2. The van der Waals surface area contributed by atoms with Crippen molar-refractivity contribution in [2.75, 3.05) is 0 Å². The molecule has 1 aromatic carbocycles. The highest BCUT2D eigenvalue weighted by Crippen LogP contribution is 2.22. The second-order valence-corrected chi connectivity index (χ2v) is 1.93. The Labute approximate surface area is 79.3 Å². The van der Waals surface area contributed by atoms with Crippen LogP contribution in [0.25, 0.3) is 0 Å². The lowest BCUT2D eigenvalue weighted by Gasteiger charge is -2.05. The van der Waals surface area contributed by atoms with Gasteiger partial charge in [0.15, 0.2) is 17.4 Å². The van der Waals surface area contributed by atoms with Crippen molar-refractivity contribution in [3.8, 4) is 5.75 Å². The van der Waals surface area contributed by atoms with Crippen LogP contribution >= 0.6 is 0 Å². The van der Waals surface area contributed by atoms with Gasteiger partial charge in [-0.2, -0.15) is 8.78 Å². The quantitative estimate of drug-likeness (QED) is 0.678. The molecule has 0 aliphatic heterocycles. The van der Waals surface area contributed by atoms with Crippen LogP contribution in [0.3, 0.4) is 0 Å². The van der Waals surface area contributed by atoms with E-state index in [9.17, 15) is 17.6 Å². The molecular formula is C9H10F4O. The van der Waals surface area contributed by atoms with Crippen LogP contribution in [0.2, 0.25) is 0 Å². The van der Waals surface area contributed by atoms with Crippen molar-refractivity contribution in [1.82, 2.24) is 0 Å². The van der Waals surface area contributed by atoms with Crippen molar-refractivity contribution < 1.29 is 22.3 Å². The summed E-state index contributed by atoms with van der Waals surface area (Å²) < 4.78 is 51.7. The highest BCUT2D eigenvalue weighted by molar-refractivity contribution is 5.25. The van der Waals surface area contributed by atoms with Crippen LogP contribution in [0.4, 0.5) is 17.6 Å². The first-order valence-electron chi connectivity index (χ1n) is 4.00. The fourth-order valence-electron chi connectivity index (χ4n) is 0.684. The van der Waals surface area contributed by atoms with Crippen molar-refractivity contribution >= 4 is 0 Å². The fraction of sp³-hybridized carbons (Fsp3) is 0.333. The Hall–Kier alpha value is -1.26. The van der Waals surface area contributed by atoms with Gasteiger partial charge in [0.05, 0.1) is 0 Å². The van der Waals surface area contributed by atoms with Gasteiger partial charge in [-0.1, -0.05) is 19.9 Å². The first kappa shape index (κ1) is 12.7. The largest absolute Gasteiger partial charge is 0.429 e. The van der Waals surface area contributed by atoms with Gasteiger partial charge in [0.25, 0.3) is 0 Å². The molecule has 0 aliphatic rings. The summed E-state index contributed by atoms with van der Waals surface area (Å²) in [6.07, 6.45) is 0. The van der Waals surface area contributed by atoms with Gasteiger partial charge in [-0.15, -0.1) is 0 Å². The Morgan fingerprint density at radius 3 is 1.86 bits per heavy atom. The van der Waals surface area contributed by atoms with Crippen LogP contribution in [0, 0.1) is 11.6 Å². The third-order valence-electron chi connectivity index (χ3n) is 1.13. The van der Waals surface area contributed by atoms with E-state index in [1.165, 1.54) is 0 Å². The van der Waals surface area contributed by atoms with E-state index in [0.717, 1.165) is 18.2 Å². The molecule has 0 fully saturated rings. The molecular weight excluding hydrogens is 200 g/mol. The van der Waals surface area contributed by atoms with E-state index < -0.39 is 24.0 Å². The van der Waals surface area contributed by atoms with E-state index in [0.29, 0.717) is 0 Å². The molecule has 0 N–H and O–H groups in total. The van der Waals surface area contributed by atoms with Gasteiger partial charge >= 0.3 is 6.61 Å². The minimum absolute atomic E-state index is 0.834. The highest BCUT2D eigenvalue weighted by atomic mass is 19.3. The first-order chi connectivity index (χ1) is 6.61. The molecule has 0 spiro atoms. The Morgan fingerprint density at radius 1 is 1.07 bits per heavy atom. The number of ether oxygens (including phenoxy) is 1. The minimum Gasteiger partial charge on any atom is -0.429 e. The third kappa shape index (κ3) is 3.64. The van der Waals surface area contributed by atoms with Crippen molar-refractivity contribution in [3.63, 3.8) is 0 Å². The molecule has 1 rings (SSSR count). The maximum absolute atomic E-state index is 12.5. The van der Waals surface area contributed by atoms with Crippen LogP contribution in [-0.4, -0.2) is 6.61 Å². The summed E-state index contributed by atoms with van der Waals surface area (Å²) in [4.78, 5) is 0. The van der Waals surface area contributed by atoms with Crippen molar-refractivity contribution in [2.24, 2.45) is 0 Å². The van der Waals surface area contributed by atoms with Crippen LogP contribution in [-0.2, 0) is 0 Å². The Bertz CT molecular complexity index is 255. The fourth-order valence-corrected chi connectivity index (χ4v) is 0.684. The lowest BCUT2D eigenvalue weighted by molar-refractivity contribution is -0.0546. The Balaban J connectivity index is 0.000000791. The van der Waals surface area contributed by atoms with Crippen molar-refractivity contribution in [1.29, 1.82) is 0 Å². The van der Waals surface area contributed by atoms with Crippen LogP contribution in [0.5, 0.6) is 5.75 Å². The number of hydrogen-bond acceptors (Lipinski definition) is 1. The topological polar surface area (TPSA) is 9.23 Å². The summed E-state index contributed by atoms with van der Waals surface area (Å²) in [5, 5.41) is 0. The Morgan fingerprint density at radius 2 is 1.50 bits per heavy atom. The average molecular weight is 210 g/mol. The van der Waals surface area contributed by atoms with Crippen molar-refractivity contribution in [3.05, 3.63) is 29.8 Å². The second kappa shape index (κ2) is 6.23. The molecule has 0 aromatic heterocycles. The zero-order valence-corrected chi connectivity index (χ0v) is 7.73. The summed E-state index contributed by atoms with van der Waals surface area (Å²) in [6.45, 7) is 0.774. The van der Waals surface area contributed by atoms with E-state index in [1.54, 1.807) is 0 Å². The van der Waals surface area contributed by atoms with Gasteiger partial charge in [0, 0.05) is 0 Å². The molecule has 0 heterocycles. The molecule has 0 aliphatic carbocycles. The standard InChI is InChI=1S/C7H4F4O.C2H6/c8-4-2-1-3-5(9)6(4)12-7(10)11;1-2/h1-3,7H;1-2H3. The molecule has 0 saturated carbocycles. The third-order valence-corrected chi connectivity index (χ3v) is 1.13. The average Bonchev–Trinajstić information content (AvgIpc) is 2.15. The van der Waals surface area contributed by atoms with Gasteiger partial charge in [-0.3, -0.25) is 0 Å². The van der Waals surface area contributed by atoms with E-state index in [2.05, 4.69) is 4.74 Å². The van der Waals surface area contributed by atoms with E-state index in [4.69, 9.17) is 0 Å². The van der Waals surface area contributed by atoms with E-state index >= 15 is 0 Å². The predicted octanol–water partition coefficient (Wildman–Crippen LogP) is 3.59. The summed E-state index contributed by atoms with van der Waals surface area (Å²) >= 11 is 0. The molecule has 80 valence electrons. The van der Waals surface area contributed by atoms with Gasteiger partial charge in [-0.25, -0.2) is 8.78 Å². The SMILES string of the molecule is CC.Fc1cccc(F)c1OC(F)F. The monoisotopic (exact) mass is 210 g/mol. The van der Waals surface area contributed by atoms with Crippen molar-refractivity contribution in [2.45, 2.75) is 20.5 Å². The lowest BCUT2D eigenvalue weighted by Crippen LogP contribution is -2.05. The summed E-state index contributed by atoms with van der Waals surface area (Å²) in [6, 6.07) is 2.73. The summed E-state index contributed by atoms with van der Waals surface area (Å²) in [5.41, 5.74) is 0. The number of hydrogen-bond donors (Lipinski definition) is 0. The lowest BCUT2D eigenvalue weighted by atomic mass is 10.3. The molecule has 0 amide bonds. The summed E-state index contributed by atoms with van der Waals surface area (Å²) in [5.74, 6) is -3.34. The summed E-state index contributed by atoms with van der Waals surface area (Å²) in [7, 11) is 0. The van der Waals surface area contributed by atoms with Gasteiger partial charge in [-0.05, 0) is 12.1 Å². The molecule has 1 aromatic rings. The molecule has 0 saturated heterocycles. The number of halogens is 4. The van der Waals surface area contributed by atoms with Gasteiger partial charge in [0.2, 0.25) is 0 Å². The first-order valence-corrected chi connectivity index (χ1v) is 4.00. The van der Waals surface area contributed by atoms with Crippen LogP contribution in [0.1, 0.15) is 13.8 Å². The van der Waals surface area contributed by atoms with E-state index in [1.807, 2.05) is 13.8 Å². The maximum atomic E-state index is 12.5. The van der Waals surface area contributed by atoms with Crippen LogP contribution in [0.15, 0.2) is 18.2 Å². The number of alkyl halides is 2. The maximum Gasteiger partial charge on any atom is 0.387 e. The highest BCUT2D eigenvalue weighted by Gasteiger charge is 2.13. The number of benzene rings is 1. The minimum atomic E-state index is -3.23. The number of para-hydroxylation sites is 1. The molecule has 0 radical (unpaired) electrons. The van der Waals surface area contributed by atoms with E-state index in [-0.39, 0.29) is 0 Å². The normalized spacial score (nSPS) is 9.36. The zero-order valence-electron chi connectivity index (χ0n) is 7.73. The molecule has 0 atom stereocenters. The molecule has 5 heteroatoms. The molecule has 0 unspecified atom stereocenters. The van der Waals surface area contributed by atoms with Crippen LogP contribution < -0.4 is 4.74 Å². The predicted molar refractivity (Wildman–Crippen MR) is 44.3 cm³/mol. The zero-order chi connectivity index (χ0) is 11.1. The molecule has 0 bridgehead atoms. The molecule has 1 nitrogen and oxygen atoms in total. The smallest absolute Gasteiger partial charge is 0.387 e. The molecule has 14 heavy (non-hydrogen) atoms.